The maximum Gasteiger partial charge on any atom is 0.266 e. The first-order valence-electron chi connectivity index (χ1n) is 9.27. The second-order valence-corrected chi connectivity index (χ2v) is 8.51. The summed E-state index contributed by atoms with van der Waals surface area (Å²) in [4.78, 5) is 14.5. The highest BCUT2D eigenvalue weighted by Crippen LogP contribution is 2.43. The Morgan fingerprint density at radius 2 is 1.96 bits per heavy atom. The number of hydrogen-bond donors (Lipinski definition) is 0. The van der Waals surface area contributed by atoms with Gasteiger partial charge in [0.25, 0.3) is 5.56 Å². The molecule has 0 amide bonds. The van der Waals surface area contributed by atoms with Crippen LogP contribution in [0.25, 0.3) is 5.82 Å². The van der Waals surface area contributed by atoms with Crippen molar-refractivity contribution in [3.63, 3.8) is 0 Å². The lowest BCUT2D eigenvalue weighted by Crippen LogP contribution is -2.49. The molecule has 1 aliphatic carbocycles. The molecular weight excluding hydrogens is 362 g/mol. The number of aromatic nitrogens is 6. The van der Waals surface area contributed by atoms with Gasteiger partial charge in [-0.15, -0.1) is 15.3 Å². The van der Waals surface area contributed by atoms with E-state index in [-0.39, 0.29) is 5.56 Å². The van der Waals surface area contributed by atoms with Gasteiger partial charge in [0.2, 0.25) is 5.13 Å². The molecule has 27 heavy (non-hydrogen) atoms. The Hall–Kier alpha value is -2.55. The number of nitrogens with zero attached hydrogens (tertiary/aromatic N) is 7. The molecule has 0 radical (unpaired) electrons. The van der Waals surface area contributed by atoms with E-state index < -0.39 is 0 Å². The van der Waals surface area contributed by atoms with Crippen LogP contribution < -0.4 is 10.5 Å². The van der Waals surface area contributed by atoms with Gasteiger partial charge >= 0.3 is 0 Å². The molecule has 1 saturated carbocycles. The molecule has 2 fully saturated rings. The topological polar surface area (TPSA) is 81.7 Å². The molecule has 140 valence electrons. The average Bonchev–Trinajstić information content (AvgIpc) is 3.25. The smallest absolute Gasteiger partial charge is 0.266 e. The van der Waals surface area contributed by atoms with E-state index in [4.69, 9.17) is 0 Å². The molecule has 0 spiro atoms. The van der Waals surface area contributed by atoms with E-state index in [1.807, 2.05) is 19.9 Å². The lowest BCUT2D eigenvalue weighted by molar-refractivity contribution is 0.333. The summed E-state index contributed by atoms with van der Waals surface area (Å²) in [6.45, 7) is 6.31. The van der Waals surface area contributed by atoms with Crippen molar-refractivity contribution in [2.45, 2.75) is 39.2 Å². The zero-order chi connectivity index (χ0) is 18.5. The van der Waals surface area contributed by atoms with Crippen molar-refractivity contribution in [1.29, 1.82) is 0 Å². The quantitative estimate of drug-likeness (QED) is 0.669. The highest BCUT2D eigenvalue weighted by Gasteiger charge is 2.33. The van der Waals surface area contributed by atoms with Crippen molar-refractivity contribution < 1.29 is 0 Å². The molecule has 0 atom stereocenters. The second kappa shape index (κ2) is 6.26. The Balaban J connectivity index is 1.28. The second-order valence-electron chi connectivity index (χ2n) is 7.52. The molecule has 0 N–H and O–H groups in total. The van der Waals surface area contributed by atoms with Gasteiger partial charge in [0, 0.05) is 36.7 Å². The van der Waals surface area contributed by atoms with Crippen LogP contribution in [0.5, 0.6) is 0 Å². The van der Waals surface area contributed by atoms with Crippen LogP contribution in [0.1, 0.15) is 35.2 Å². The fourth-order valence-corrected chi connectivity index (χ4v) is 4.51. The molecule has 9 heteroatoms. The Morgan fingerprint density at radius 3 is 2.67 bits per heavy atom. The first-order chi connectivity index (χ1) is 13.1. The van der Waals surface area contributed by atoms with Crippen molar-refractivity contribution >= 4 is 16.5 Å². The van der Waals surface area contributed by atoms with Crippen molar-refractivity contribution in [2.75, 3.05) is 18.0 Å². The number of aryl methyl sites for hydroxylation is 2. The minimum Gasteiger partial charge on any atom is -0.346 e. The van der Waals surface area contributed by atoms with E-state index in [0.717, 1.165) is 29.6 Å². The molecule has 3 aromatic rings. The summed E-state index contributed by atoms with van der Waals surface area (Å²) in [5.74, 6) is 1.71. The Bertz CT molecular complexity index is 1040. The lowest BCUT2D eigenvalue weighted by Gasteiger charge is -2.38. The number of anilines is 1. The maximum absolute atomic E-state index is 12.2. The van der Waals surface area contributed by atoms with Crippen LogP contribution in [0.4, 0.5) is 5.13 Å². The fraction of sp³-hybridized carbons (Fsp3) is 0.500. The maximum atomic E-state index is 12.2. The van der Waals surface area contributed by atoms with Gasteiger partial charge in [-0.1, -0.05) is 11.3 Å². The van der Waals surface area contributed by atoms with Gasteiger partial charge < -0.3 is 4.90 Å². The normalized spacial score (nSPS) is 17.3. The summed E-state index contributed by atoms with van der Waals surface area (Å²) in [6, 6.07) is 5.30. The van der Waals surface area contributed by atoms with Crippen LogP contribution in [0.3, 0.4) is 0 Å². The number of rotatable bonds is 5. The van der Waals surface area contributed by atoms with Crippen molar-refractivity contribution in [3.05, 3.63) is 44.9 Å². The van der Waals surface area contributed by atoms with Crippen LogP contribution in [0.2, 0.25) is 0 Å². The summed E-state index contributed by atoms with van der Waals surface area (Å²) in [7, 11) is 0. The molecule has 4 heterocycles. The molecule has 1 aliphatic heterocycles. The molecule has 0 bridgehead atoms. The van der Waals surface area contributed by atoms with Gasteiger partial charge in [-0.2, -0.15) is 5.10 Å². The molecule has 2 aliphatic rings. The minimum absolute atomic E-state index is 0.0781. The van der Waals surface area contributed by atoms with E-state index in [0.29, 0.717) is 24.2 Å². The van der Waals surface area contributed by atoms with E-state index >= 15 is 0 Å². The molecule has 3 aromatic heterocycles. The van der Waals surface area contributed by atoms with E-state index in [9.17, 15) is 4.79 Å². The number of hydrogen-bond acceptors (Lipinski definition) is 7. The zero-order valence-corrected chi connectivity index (χ0v) is 16.2. The Labute approximate surface area is 160 Å². The van der Waals surface area contributed by atoms with Gasteiger partial charge in [-0.25, -0.2) is 9.36 Å². The summed E-state index contributed by atoms with van der Waals surface area (Å²) in [5, 5.41) is 19.8. The predicted molar refractivity (Wildman–Crippen MR) is 103 cm³/mol. The molecular formula is C18H21N7OS. The van der Waals surface area contributed by atoms with Gasteiger partial charge in [-0.3, -0.25) is 4.79 Å². The molecule has 0 aromatic carbocycles. The third-order valence-electron chi connectivity index (χ3n) is 5.09. The van der Waals surface area contributed by atoms with Crippen molar-refractivity contribution in [1.82, 2.24) is 29.8 Å². The van der Waals surface area contributed by atoms with Crippen molar-refractivity contribution in [3.8, 4) is 5.82 Å². The molecule has 8 nitrogen and oxygen atoms in total. The lowest BCUT2D eigenvalue weighted by atomic mass is 10.0. The van der Waals surface area contributed by atoms with Crippen LogP contribution in [-0.4, -0.2) is 42.8 Å². The van der Waals surface area contributed by atoms with Gasteiger partial charge in [0.1, 0.15) is 5.01 Å². The molecule has 0 unspecified atom stereocenters. The highest BCUT2D eigenvalue weighted by atomic mass is 32.1. The predicted octanol–water partition coefficient (Wildman–Crippen LogP) is 1.91. The third kappa shape index (κ3) is 3.16. The first-order valence-corrected chi connectivity index (χ1v) is 10.1. The van der Waals surface area contributed by atoms with Crippen LogP contribution in [0.15, 0.2) is 23.0 Å². The van der Waals surface area contributed by atoms with Gasteiger partial charge in [0.05, 0.1) is 12.2 Å². The Morgan fingerprint density at radius 1 is 1.15 bits per heavy atom. The standard InChI is InChI=1S/C18H21N7OS/c1-11-7-12(2)25(21-11)15-5-6-16(26)24(22-15)10-13-8-23(9-13)18-20-19-17(27-18)14-3-4-14/h5-7,13-14H,3-4,8-10H2,1-2H3. The summed E-state index contributed by atoms with van der Waals surface area (Å²) >= 11 is 1.71. The summed E-state index contributed by atoms with van der Waals surface area (Å²) in [5.41, 5.74) is 1.86. The van der Waals surface area contributed by atoms with E-state index in [1.165, 1.54) is 17.8 Å². The average molecular weight is 383 g/mol. The third-order valence-corrected chi connectivity index (χ3v) is 6.24. The molecule has 5 rings (SSSR count). The highest BCUT2D eigenvalue weighted by molar-refractivity contribution is 7.15. The van der Waals surface area contributed by atoms with Crippen LogP contribution in [-0.2, 0) is 6.54 Å². The van der Waals surface area contributed by atoms with Crippen molar-refractivity contribution in [2.24, 2.45) is 5.92 Å². The summed E-state index contributed by atoms with van der Waals surface area (Å²) in [6.07, 6.45) is 2.49. The Kier molecular flexibility index (Phi) is 3.85. The van der Waals surface area contributed by atoms with Crippen LogP contribution in [0, 0.1) is 19.8 Å². The van der Waals surface area contributed by atoms with E-state index in [1.54, 1.807) is 32.8 Å². The first kappa shape index (κ1) is 16.6. The SMILES string of the molecule is Cc1cc(C)n(-c2ccc(=O)n(CC3CN(c4nnc(C5CC5)s4)C3)n2)n1. The van der Waals surface area contributed by atoms with E-state index in [2.05, 4.69) is 25.3 Å². The fourth-order valence-electron chi connectivity index (χ4n) is 3.48. The van der Waals surface area contributed by atoms with Gasteiger partial charge in [-0.05, 0) is 38.8 Å². The monoisotopic (exact) mass is 383 g/mol. The summed E-state index contributed by atoms with van der Waals surface area (Å²) < 4.78 is 3.34. The van der Waals surface area contributed by atoms with Gasteiger partial charge in [0.15, 0.2) is 5.82 Å². The van der Waals surface area contributed by atoms with Crippen LogP contribution >= 0.6 is 11.3 Å². The zero-order valence-electron chi connectivity index (χ0n) is 15.4. The largest absolute Gasteiger partial charge is 0.346 e. The molecule has 1 saturated heterocycles. The minimum atomic E-state index is -0.0781.